The zero-order valence-electron chi connectivity index (χ0n) is 10.8. The van der Waals surface area contributed by atoms with E-state index in [0.29, 0.717) is 19.0 Å². The van der Waals surface area contributed by atoms with Crippen LogP contribution in [0, 0.1) is 18.8 Å². The second-order valence-electron chi connectivity index (χ2n) is 4.79. The SMILES string of the molecule is Cc1nnc(NC(=O)CN2C[C@@H](C)[C@H](C(=O)O)C2)o1. The predicted octanol–water partition coefficient (Wildman–Crippen LogP) is -0.0310. The van der Waals surface area contributed by atoms with Crippen molar-refractivity contribution in [2.75, 3.05) is 25.0 Å². The number of carboxylic acids is 1. The first-order chi connectivity index (χ1) is 8.95. The highest BCUT2D eigenvalue weighted by atomic mass is 16.4. The van der Waals surface area contributed by atoms with Crippen LogP contribution in [0.15, 0.2) is 4.42 Å². The number of nitrogens with zero attached hydrogens (tertiary/aromatic N) is 3. The lowest BCUT2D eigenvalue weighted by Gasteiger charge is -2.13. The second kappa shape index (κ2) is 5.35. The molecule has 0 bridgehead atoms. The summed E-state index contributed by atoms with van der Waals surface area (Å²) in [5.41, 5.74) is 0. The monoisotopic (exact) mass is 268 g/mol. The summed E-state index contributed by atoms with van der Waals surface area (Å²) in [5.74, 6) is -1.12. The summed E-state index contributed by atoms with van der Waals surface area (Å²) in [6, 6.07) is 0.0597. The molecule has 0 aliphatic carbocycles. The number of carbonyl (C=O) groups excluding carboxylic acids is 1. The molecule has 1 aromatic rings. The number of aromatic nitrogens is 2. The number of rotatable bonds is 4. The number of carbonyl (C=O) groups is 2. The van der Waals surface area contributed by atoms with E-state index in [9.17, 15) is 9.59 Å². The fourth-order valence-electron chi connectivity index (χ4n) is 2.23. The Balaban J connectivity index is 1.85. The van der Waals surface area contributed by atoms with Gasteiger partial charge in [0, 0.05) is 20.0 Å². The molecule has 2 heterocycles. The van der Waals surface area contributed by atoms with Gasteiger partial charge in [-0.25, -0.2) is 0 Å². The smallest absolute Gasteiger partial charge is 0.322 e. The largest absolute Gasteiger partial charge is 0.481 e. The van der Waals surface area contributed by atoms with Gasteiger partial charge in [-0.05, 0) is 5.92 Å². The third kappa shape index (κ3) is 3.28. The van der Waals surface area contributed by atoms with Crippen LogP contribution < -0.4 is 5.32 Å². The van der Waals surface area contributed by atoms with Crippen molar-refractivity contribution in [2.45, 2.75) is 13.8 Å². The lowest BCUT2D eigenvalue weighted by atomic mass is 9.99. The summed E-state index contributed by atoms with van der Waals surface area (Å²) < 4.78 is 5.03. The molecule has 2 atom stereocenters. The molecule has 1 aliphatic rings. The topological polar surface area (TPSA) is 109 Å². The van der Waals surface area contributed by atoms with Gasteiger partial charge in [-0.15, -0.1) is 5.10 Å². The van der Waals surface area contributed by atoms with Crippen LogP contribution in [0.3, 0.4) is 0 Å². The Labute approximate surface area is 109 Å². The summed E-state index contributed by atoms with van der Waals surface area (Å²) >= 11 is 0. The third-order valence-corrected chi connectivity index (χ3v) is 3.14. The Morgan fingerprint density at radius 1 is 1.47 bits per heavy atom. The highest BCUT2D eigenvalue weighted by Gasteiger charge is 2.35. The van der Waals surface area contributed by atoms with Crippen molar-refractivity contribution >= 4 is 17.9 Å². The van der Waals surface area contributed by atoms with Gasteiger partial charge in [0.05, 0.1) is 12.5 Å². The van der Waals surface area contributed by atoms with Crippen LogP contribution in [0.4, 0.5) is 6.01 Å². The molecule has 1 saturated heterocycles. The predicted molar refractivity (Wildman–Crippen MR) is 64.4 cm³/mol. The molecule has 2 N–H and O–H groups in total. The van der Waals surface area contributed by atoms with Crippen LogP contribution >= 0.6 is 0 Å². The molecule has 104 valence electrons. The maximum Gasteiger partial charge on any atom is 0.322 e. The highest BCUT2D eigenvalue weighted by molar-refractivity contribution is 5.90. The number of aryl methyl sites for hydroxylation is 1. The molecular formula is C11H16N4O4. The highest BCUT2D eigenvalue weighted by Crippen LogP contribution is 2.22. The first kappa shape index (κ1) is 13.5. The van der Waals surface area contributed by atoms with Crippen molar-refractivity contribution in [2.24, 2.45) is 11.8 Å². The van der Waals surface area contributed by atoms with E-state index in [0.717, 1.165) is 0 Å². The molecule has 19 heavy (non-hydrogen) atoms. The Kier molecular flexibility index (Phi) is 3.79. The summed E-state index contributed by atoms with van der Waals surface area (Å²) in [4.78, 5) is 24.5. The maximum absolute atomic E-state index is 11.7. The zero-order chi connectivity index (χ0) is 14.0. The van der Waals surface area contributed by atoms with Gasteiger partial charge in [-0.3, -0.25) is 19.8 Å². The lowest BCUT2D eigenvalue weighted by Crippen LogP contribution is -2.32. The molecule has 0 spiro atoms. The number of nitrogens with one attached hydrogen (secondary N) is 1. The van der Waals surface area contributed by atoms with Gasteiger partial charge in [-0.1, -0.05) is 12.0 Å². The van der Waals surface area contributed by atoms with Crippen LogP contribution in [0.5, 0.6) is 0 Å². The van der Waals surface area contributed by atoms with E-state index in [-0.39, 0.29) is 24.4 Å². The number of hydrogen-bond acceptors (Lipinski definition) is 6. The van der Waals surface area contributed by atoms with Gasteiger partial charge in [0.15, 0.2) is 0 Å². The van der Waals surface area contributed by atoms with E-state index < -0.39 is 11.9 Å². The summed E-state index contributed by atoms with van der Waals surface area (Å²) in [6.07, 6.45) is 0. The van der Waals surface area contributed by atoms with E-state index in [1.807, 2.05) is 11.8 Å². The van der Waals surface area contributed by atoms with Crippen molar-refractivity contribution in [3.63, 3.8) is 0 Å². The molecule has 1 fully saturated rings. The second-order valence-corrected chi connectivity index (χ2v) is 4.79. The molecular weight excluding hydrogens is 252 g/mol. The van der Waals surface area contributed by atoms with Gasteiger partial charge >= 0.3 is 12.0 Å². The molecule has 1 amide bonds. The first-order valence-corrected chi connectivity index (χ1v) is 6.01. The van der Waals surface area contributed by atoms with Gasteiger partial charge in [0.1, 0.15) is 0 Å². The Bertz CT molecular complexity index is 487. The van der Waals surface area contributed by atoms with Gasteiger partial charge in [-0.2, -0.15) is 0 Å². The average molecular weight is 268 g/mol. The number of anilines is 1. The van der Waals surface area contributed by atoms with Crippen LogP contribution in [0.2, 0.25) is 0 Å². The van der Waals surface area contributed by atoms with Crippen molar-refractivity contribution in [3.8, 4) is 0 Å². The van der Waals surface area contributed by atoms with Crippen LogP contribution in [-0.2, 0) is 9.59 Å². The Hall–Kier alpha value is -1.96. The van der Waals surface area contributed by atoms with Crippen molar-refractivity contribution in [1.29, 1.82) is 0 Å². The standard InChI is InChI=1S/C11H16N4O4/c1-6-3-15(4-8(6)10(17)18)5-9(16)12-11-14-13-7(2)19-11/h6,8H,3-5H2,1-2H3,(H,17,18)(H,12,14,16)/t6-,8-/m1/s1. The van der Waals surface area contributed by atoms with E-state index in [4.69, 9.17) is 9.52 Å². The van der Waals surface area contributed by atoms with Gasteiger partial charge in [0.2, 0.25) is 11.8 Å². The van der Waals surface area contributed by atoms with E-state index in [1.165, 1.54) is 0 Å². The van der Waals surface area contributed by atoms with Gasteiger partial charge in [0.25, 0.3) is 0 Å². The molecule has 1 aromatic heterocycles. The van der Waals surface area contributed by atoms with Crippen LogP contribution in [0.25, 0.3) is 0 Å². The minimum absolute atomic E-state index is 0.0379. The molecule has 0 saturated carbocycles. The minimum Gasteiger partial charge on any atom is -0.481 e. The van der Waals surface area contributed by atoms with E-state index >= 15 is 0 Å². The molecule has 0 aromatic carbocycles. The summed E-state index contributed by atoms with van der Waals surface area (Å²) in [6.45, 7) is 4.59. The number of carboxylic acid groups (broad SMARTS) is 1. The van der Waals surface area contributed by atoms with Crippen LogP contribution in [-0.4, -0.2) is 51.7 Å². The fraction of sp³-hybridized carbons (Fsp3) is 0.636. The molecule has 8 heteroatoms. The quantitative estimate of drug-likeness (QED) is 0.789. The molecule has 8 nitrogen and oxygen atoms in total. The average Bonchev–Trinajstić information content (AvgIpc) is 2.85. The summed E-state index contributed by atoms with van der Waals surface area (Å²) in [5, 5.41) is 18.7. The Morgan fingerprint density at radius 3 is 2.74 bits per heavy atom. The van der Waals surface area contributed by atoms with Crippen LogP contribution in [0.1, 0.15) is 12.8 Å². The van der Waals surface area contributed by atoms with E-state index in [1.54, 1.807) is 6.92 Å². The first-order valence-electron chi connectivity index (χ1n) is 6.01. The molecule has 0 radical (unpaired) electrons. The number of aliphatic carboxylic acids is 1. The molecule has 1 aliphatic heterocycles. The number of hydrogen-bond donors (Lipinski definition) is 2. The maximum atomic E-state index is 11.7. The fourth-order valence-corrected chi connectivity index (χ4v) is 2.23. The normalized spacial score (nSPS) is 23.5. The van der Waals surface area contributed by atoms with Crippen molar-refractivity contribution in [1.82, 2.24) is 15.1 Å². The molecule has 0 unspecified atom stereocenters. The third-order valence-electron chi connectivity index (χ3n) is 3.14. The summed E-state index contributed by atoms with van der Waals surface area (Å²) in [7, 11) is 0. The lowest BCUT2D eigenvalue weighted by molar-refractivity contribution is -0.142. The van der Waals surface area contributed by atoms with Crippen molar-refractivity contribution < 1.29 is 19.1 Å². The minimum atomic E-state index is -0.817. The Morgan fingerprint density at radius 2 is 2.21 bits per heavy atom. The van der Waals surface area contributed by atoms with Gasteiger partial charge < -0.3 is 9.52 Å². The van der Waals surface area contributed by atoms with E-state index in [2.05, 4.69) is 15.5 Å². The number of amides is 1. The molecule has 2 rings (SSSR count). The van der Waals surface area contributed by atoms with Crippen molar-refractivity contribution in [3.05, 3.63) is 5.89 Å². The zero-order valence-corrected chi connectivity index (χ0v) is 10.8. The number of likely N-dealkylation sites (tertiary alicyclic amines) is 1.